The third kappa shape index (κ3) is 2.78. The smallest absolute Gasteiger partial charge is 0.122 e. The molecule has 0 saturated carbocycles. The van der Waals surface area contributed by atoms with Gasteiger partial charge in [0.1, 0.15) is 5.75 Å². The summed E-state index contributed by atoms with van der Waals surface area (Å²) in [4.78, 5) is 5.00. The Morgan fingerprint density at radius 2 is 1.57 bits per heavy atom. The number of aromatic hydroxyl groups is 1. The van der Waals surface area contributed by atoms with Crippen LogP contribution in [0.3, 0.4) is 0 Å². The van der Waals surface area contributed by atoms with Crippen LogP contribution in [0.2, 0.25) is 0 Å². The lowest BCUT2D eigenvalue weighted by Gasteiger charge is -2.21. The molecule has 0 saturated heterocycles. The van der Waals surface area contributed by atoms with Gasteiger partial charge in [0, 0.05) is 0 Å². The van der Waals surface area contributed by atoms with Crippen LogP contribution in [0.5, 0.6) is 5.75 Å². The summed E-state index contributed by atoms with van der Waals surface area (Å²) in [7, 11) is 0. The third-order valence-corrected chi connectivity index (χ3v) is 5.18. The number of phenolic OH excluding ortho intramolecular Hbond substituents is 1. The molecule has 1 aromatic rings. The number of phenols is 1. The minimum absolute atomic E-state index is 0.399. The maximum absolute atomic E-state index is 10.3. The van der Waals surface area contributed by atoms with E-state index in [1.807, 2.05) is 20.8 Å². The number of nitrogens with zero attached hydrogens (tertiary/aromatic N) is 1. The highest BCUT2D eigenvalue weighted by Crippen LogP contribution is 2.38. The van der Waals surface area contributed by atoms with Gasteiger partial charge in [-0.2, -0.15) is 0 Å². The zero-order valence-corrected chi connectivity index (χ0v) is 15.4. The van der Waals surface area contributed by atoms with Gasteiger partial charge in [0.15, 0.2) is 0 Å². The second-order valence-corrected chi connectivity index (χ2v) is 6.46. The van der Waals surface area contributed by atoms with Crippen LogP contribution in [0.25, 0.3) is 0 Å². The van der Waals surface area contributed by atoms with Gasteiger partial charge in [-0.15, -0.1) is 0 Å². The van der Waals surface area contributed by atoms with Gasteiger partial charge in [-0.25, -0.2) is 4.99 Å². The van der Waals surface area contributed by atoms with Crippen molar-refractivity contribution in [3.63, 3.8) is 0 Å². The van der Waals surface area contributed by atoms with Crippen molar-refractivity contribution >= 4 is 11.4 Å². The number of hydrogen-bond donors (Lipinski definition) is 1. The maximum atomic E-state index is 10.3. The van der Waals surface area contributed by atoms with Crippen LogP contribution in [0.1, 0.15) is 49.9 Å². The zero-order valence-electron chi connectivity index (χ0n) is 15.4. The minimum Gasteiger partial charge on any atom is -0.507 e. The van der Waals surface area contributed by atoms with E-state index in [2.05, 4.69) is 40.3 Å². The fraction of sp³-hybridized carbons (Fsp3) is 0.381. The molecule has 0 bridgehead atoms. The molecule has 0 aliphatic heterocycles. The normalized spacial score (nSPS) is 17.1. The zero-order chi connectivity index (χ0) is 17.5. The summed E-state index contributed by atoms with van der Waals surface area (Å²) in [5, 5.41) is 10.3. The Morgan fingerprint density at radius 1 is 0.957 bits per heavy atom. The molecule has 2 heteroatoms. The summed E-state index contributed by atoms with van der Waals surface area (Å²) in [6, 6.07) is 0. The average Bonchev–Trinajstić information content (AvgIpc) is 2.53. The Kier molecular flexibility index (Phi) is 4.65. The topological polar surface area (TPSA) is 32.6 Å². The maximum Gasteiger partial charge on any atom is 0.122 e. The lowest BCUT2D eigenvalue weighted by Crippen LogP contribution is -2.08. The van der Waals surface area contributed by atoms with Crippen LogP contribution in [0, 0.1) is 20.8 Å². The fourth-order valence-corrected chi connectivity index (χ4v) is 3.12. The third-order valence-electron chi connectivity index (χ3n) is 5.18. The van der Waals surface area contributed by atoms with Gasteiger partial charge in [-0.3, -0.25) is 0 Å². The van der Waals surface area contributed by atoms with E-state index in [-0.39, 0.29) is 0 Å². The Labute approximate surface area is 140 Å². The molecular weight excluding hydrogens is 282 g/mol. The monoisotopic (exact) mass is 309 g/mol. The molecule has 1 aliphatic rings. The second kappa shape index (κ2) is 6.19. The molecule has 0 aromatic heterocycles. The summed E-state index contributed by atoms with van der Waals surface area (Å²) < 4.78 is 0. The Hall–Kier alpha value is -2.09. The van der Waals surface area contributed by atoms with Crippen molar-refractivity contribution in [3.05, 3.63) is 57.2 Å². The van der Waals surface area contributed by atoms with Gasteiger partial charge in [-0.05, 0) is 98.6 Å². The quantitative estimate of drug-likeness (QED) is 0.735. The predicted octanol–water partition coefficient (Wildman–Crippen LogP) is 5.80. The van der Waals surface area contributed by atoms with E-state index in [1.165, 1.54) is 11.1 Å². The largest absolute Gasteiger partial charge is 0.507 e. The van der Waals surface area contributed by atoms with Gasteiger partial charge in [0.05, 0.1) is 11.4 Å². The first kappa shape index (κ1) is 17.3. The van der Waals surface area contributed by atoms with Gasteiger partial charge in [-0.1, -0.05) is 13.5 Å². The standard InChI is InChI=1S/C21H27NO/c1-9-18-17(8)21(23)16(7)15(6)20(18)22-19-10-11(2)12(3)13(4)14(19)5/h10,23H,3,9H2,1-2,4-8H3/b22-19+. The number of aliphatic imine (C=N–C) groups is 1. The van der Waals surface area contributed by atoms with Gasteiger partial charge in [0.2, 0.25) is 0 Å². The van der Waals surface area contributed by atoms with Crippen LogP contribution in [-0.4, -0.2) is 10.8 Å². The summed E-state index contributed by atoms with van der Waals surface area (Å²) in [6.07, 6.45) is 2.96. The Bertz CT molecular complexity index is 789. The molecule has 23 heavy (non-hydrogen) atoms. The van der Waals surface area contributed by atoms with Crippen molar-refractivity contribution in [1.82, 2.24) is 0 Å². The second-order valence-electron chi connectivity index (χ2n) is 6.46. The first-order valence-electron chi connectivity index (χ1n) is 8.16. The van der Waals surface area contributed by atoms with E-state index in [4.69, 9.17) is 4.99 Å². The lowest BCUT2D eigenvalue weighted by atomic mass is 9.88. The number of hydrogen-bond acceptors (Lipinski definition) is 2. The molecule has 1 aliphatic carbocycles. The summed E-state index contributed by atoms with van der Waals surface area (Å²) >= 11 is 0. The number of rotatable bonds is 2. The molecule has 0 heterocycles. The minimum atomic E-state index is 0.399. The van der Waals surface area contributed by atoms with E-state index >= 15 is 0 Å². The molecule has 0 spiro atoms. The van der Waals surface area contributed by atoms with E-state index in [9.17, 15) is 5.11 Å². The average molecular weight is 309 g/mol. The van der Waals surface area contributed by atoms with Crippen molar-refractivity contribution in [2.24, 2.45) is 4.99 Å². The van der Waals surface area contributed by atoms with Gasteiger partial charge < -0.3 is 5.11 Å². The molecule has 1 aromatic carbocycles. The van der Waals surface area contributed by atoms with Crippen LogP contribution < -0.4 is 0 Å². The van der Waals surface area contributed by atoms with E-state index in [1.54, 1.807) is 0 Å². The number of allylic oxidation sites excluding steroid dienone is 5. The molecule has 2 nitrogen and oxygen atoms in total. The molecular formula is C21H27NO. The highest BCUT2D eigenvalue weighted by atomic mass is 16.3. The van der Waals surface area contributed by atoms with Gasteiger partial charge in [0.25, 0.3) is 0 Å². The van der Waals surface area contributed by atoms with Crippen LogP contribution in [0.15, 0.2) is 39.9 Å². The highest BCUT2D eigenvalue weighted by Gasteiger charge is 2.18. The molecule has 122 valence electrons. The van der Waals surface area contributed by atoms with Crippen molar-refractivity contribution < 1.29 is 5.11 Å². The van der Waals surface area contributed by atoms with E-state index in [0.717, 1.165) is 51.2 Å². The predicted molar refractivity (Wildman–Crippen MR) is 100 cm³/mol. The van der Waals surface area contributed by atoms with E-state index in [0.29, 0.717) is 5.75 Å². The summed E-state index contributed by atoms with van der Waals surface area (Å²) in [5.74, 6) is 0.399. The van der Waals surface area contributed by atoms with Crippen molar-refractivity contribution in [3.8, 4) is 5.75 Å². The fourth-order valence-electron chi connectivity index (χ4n) is 3.12. The molecule has 0 fully saturated rings. The number of benzene rings is 1. The van der Waals surface area contributed by atoms with Crippen LogP contribution in [-0.2, 0) is 6.42 Å². The first-order valence-corrected chi connectivity index (χ1v) is 8.16. The van der Waals surface area contributed by atoms with Crippen molar-refractivity contribution in [2.75, 3.05) is 0 Å². The van der Waals surface area contributed by atoms with Gasteiger partial charge >= 0.3 is 0 Å². The van der Waals surface area contributed by atoms with Crippen molar-refractivity contribution in [1.29, 1.82) is 0 Å². The van der Waals surface area contributed by atoms with Crippen LogP contribution >= 0.6 is 0 Å². The van der Waals surface area contributed by atoms with Crippen LogP contribution in [0.4, 0.5) is 5.69 Å². The molecule has 0 radical (unpaired) electrons. The molecule has 2 rings (SSSR count). The summed E-state index contributed by atoms with van der Waals surface area (Å²) in [5.41, 5.74) is 10.7. The molecule has 0 atom stereocenters. The molecule has 1 N–H and O–H groups in total. The van der Waals surface area contributed by atoms with Crippen molar-refractivity contribution in [2.45, 2.75) is 54.9 Å². The lowest BCUT2D eigenvalue weighted by molar-refractivity contribution is 0.465. The summed E-state index contributed by atoms with van der Waals surface area (Å²) in [6.45, 7) is 18.5. The van der Waals surface area contributed by atoms with E-state index < -0.39 is 0 Å². The highest BCUT2D eigenvalue weighted by molar-refractivity contribution is 6.12. The Morgan fingerprint density at radius 3 is 2.13 bits per heavy atom. The molecule has 0 unspecified atom stereocenters. The first-order chi connectivity index (χ1) is 10.7. The Balaban J connectivity index is 2.76. The SMILES string of the molecule is C=C1C(C)=C/C(=N\c2c(C)c(C)c(O)c(C)c2CC)C(C)=C1C. The molecule has 0 amide bonds.